The molecule has 0 aliphatic carbocycles. The Hall–Kier alpha value is -0.670. The molecule has 2 rings (SSSR count). The number of thioether (sulfide) groups is 1. The lowest BCUT2D eigenvalue weighted by Crippen LogP contribution is -2.41. The molecule has 0 spiro atoms. The van der Waals surface area contributed by atoms with E-state index in [1.807, 2.05) is 0 Å². The molecule has 2 heterocycles. The van der Waals surface area contributed by atoms with Gasteiger partial charge in [0, 0.05) is 13.1 Å². The third kappa shape index (κ3) is 3.67. The molecule has 1 aliphatic rings. The minimum atomic E-state index is -2.97. The van der Waals surface area contributed by atoms with Gasteiger partial charge >= 0.3 is 0 Å². The Kier molecular flexibility index (Phi) is 4.46. The van der Waals surface area contributed by atoms with Crippen molar-refractivity contribution in [1.29, 1.82) is 0 Å². The number of aromatic nitrogens is 2. The van der Waals surface area contributed by atoms with E-state index in [0.717, 1.165) is 4.34 Å². The van der Waals surface area contributed by atoms with Crippen molar-refractivity contribution < 1.29 is 13.2 Å². The lowest BCUT2D eigenvalue weighted by atomic mass is 10.2. The second-order valence-corrected chi connectivity index (χ2v) is 9.12. The first-order valence-corrected chi connectivity index (χ1v) is 9.37. The van der Waals surface area contributed by atoms with Crippen LogP contribution in [-0.2, 0) is 14.6 Å². The standard InChI is InChI=1S/C10H15N3O3S3/c1-7(18-10-12-11-6-17-10)9(14)13(2)8-3-4-19(15,16)5-8/h6-8H,3-5H2,1-2H3/t7-,8-/m1/s1. The molecule has 6 nitrogen and oxygen atoms in total. The fourth-order valence-electron chi connectivity index (χ4n) is 1.96. The first-order valence-electron chi connectivity index (χ1n) is 5.79. The average Bonchev–Trinajstić information content (AvgIpc) is 2.96. The van der Waals surface area contributed by atoms with Crippen LogP contribution in [0.1, 0.15) is 13.3 Å². The second kappa shape index (κ2) is 5.76. The Balaban J connectivity index is 1.95. The van der Waals surface area contributed by atoms with Gasteiger partial charge in [0.25, 0.3) is 0 Å². The van der Waals surface area contributed by atoms with Crippen LogP contribution in [0.15, 0.2) is 9.85 Å². The summed E-state index contributed by atoms with van der Waals surface area (Å²) in [7, 11) is -1.30. The van der Waals surface area contributed by atoms with Crippen molar-refractivity contribution in [1.82, 2.24) is 15.1 Å². The SMILES string of the molecule is C[C@@H](Sc1nncs1)C(=O)N(C)[C@@H]1CCS(=O)(=O)C1. The normalized spacial score (nSPS) is 23.2. The molecule has 0 N–H and O–H groups in total. The van der Waals surface area contributed by atoms with Crippen molar-refractivity contribution >= 4 is 38.8 Å². The molecule has 1 aromatic heterocycles. The van der Waals surface area contributed by atoms with E-state index >= 15 is 0 Å². The van der Waals surface area contributed by atoms with E-state index in [1.54, 1.807) is 24.4 Å². The van der Waals surface area contributed by atoms with E-state index < -0.39 is 9.84 Å². The van der Waals surface area contributed by atoms with E-state index in [2.05, 4.69) is 10.2 Å². The van der Waals surface area contributed by atoms with Crippen LogP contribution >= 0.6 is 23.1 Å². The van der Waals surface area contributed by atoms with Gasteiger partial charge in [0.05, 0.1) is 16.8 Å². The maximum absolute atomic E-state index is 12.2. The van der Waals surface area contributed by atoms with Crippen LogP contribution < -0.4 is 0 Å². The maximum atomic E-state index is 12.2. The third-order valence-electron chi connectivity index (χ3n) is 3.07. The van der Waals surface area contributed by atoms with Crippen molar-refractivity contribution in [2.24, 2.45) is 0 Å². The summed E-state index contributed by atoms with van der Waals surface area (Å²) in [6, 6.07) is -0.199. The fourth-order valence-corrected chi connectivity index (χ4v) is 5.46. The van der Waals surface area contributed by atoms with Crippen LogP contribution in [0, 0.1) is 0 Å². The molecule has 19 heavy (non-hydrogen) atoms. The van der Waals surface area contributed by atoms with Crippen LogP contribution in [0.2, 0.25) is 0 Å². The Morgan fingerprint density at radius 1 is 1.63 bits per heavy atom. The monoisotopic (exact) mass is 321 g/mol. The summed E-state index contributed by atoms with van der Waals surface area (Å²) in [6.45, 7) is 1.80. The minimum Gasteiger partial charge on any atom is -0.341 e. The molecule has 0 radical (unpaired) electrons. The number of carbonyl (C=O) groups is 1. The molecule has 106 valence electrons. The number of nitrogens with zero attached hydrogens (tertiary/aromatic N) is 3. The number of hydrogen-bond acceptors (Lipinski definition) is 7. The zero-order chi connectivity index (χ0) is 14.0. The van der Waals surface area contributed by atoms with Crippen LogP contribution in [0.5, 0.6) is 0 Å². The number of amides is 1. The average molecular weight is 321 g/mol. The summed E-state index contributed by atoms with van der Waals surface area (Å²) in [5, 5.41) is 7.31. The number of carbonyl (C=O) groups excluding carboxylic acids is 1. The first-order chi connectivity index (χ1) is 8.89. The molecule has 1 aliphatic heterocycles. The van der Waals surface area contributed by atoms with Gasteiger partial charge in [-0.2, -0.15) is 0 Å². The highest BCUT2D eigenvalue weighted by Gasteiger charge is 2.34. The summed E-state index contributed by atoms with van der Waals surface area (Å²) in [5.41, 5.74) is 1.62. The van der Waals surface area contributed by atoms with Crippen molar-refractivity contribution in [3.8, 4) is 0 Å². The predicted octanol–water partition coefficient (Wildman–Crippen LogP) is 0.664. The minimum absolute atomic E-state index is 0.0673. The maximum Gasteiger partial charge on any atom is 0.235 e. The Labute approximate surface area is 120 Å². The van der Waals surface area contributed by atoms with Gasteiger partial charge in [-0.3, -0.25) is 4.79 Å². The number of rotatable bonds is 4. The molecule has 1 saturated heterocycles. The van der Waals surface area contributed by atoms with Crippen LogP contribution in [0.4, 0.5) is 0 Å². The fraction of sp³-hybridized carbons (Fsp3) is 0.700. The van der Waals surface area contributed by atoms with Gasteiger partial charge in [-0.25, -0.2) is 8.42 Å². The lowest BCUT2D eigenvalue weighted by Gasteiger charge is -2.25. The molecule has 9 heteroatoms. The van der Waals surface area contributed by atoms with Crippen molar-refractivity contribution in [2.45, 2.75) is 29.0 Å². The molecule has 0 bridgehead atoms. The van der Waals surface area contributed by atoms with E-state index in [-0.39, 0.29) is 28.7 Å². The van der Waals surface area contributed by atoms with Gasteiger partial charge in [-0.15, -0.1) is 10.2 Å². The molecule has 0 aromatic carbocycles. The second-order valence-electron chi connectivity index (χ2n) is 4.47. The molecular formula is C10H15N3O3S3. The molecule has 2 atom stereocenters. The summed E-state index contributed by atoms with van der Waals surface area (Å²) in [6.07, 6.45) is 0.529. The molecule has 1 aromatic rings. The molecule has 0 saturated carbocycles. The van der Waals surface area contributed by atoms with Gasteiger partial charge in [-0.05, 0) is 13.3 Å². The van der Waals surface area contributed by atoms with Crippen molar-refractivity contribution in [2.75, 3.05) is 18.6 Å². The highest BCUT2D eigenvalue weighted by molar-refractivity contribution is 8.02. The predicted molar refractivity (Wildman–Crippen MR) is 75.1 cm³/mol. The van der Waals surface area contributed by atoms with Crippen molar-refractivity contribution in [3.05, 3.63) is 5.51 Å². The first kappa shape index (κ1) is 14.7. The molecular weight excluding hydrogens is 306 g/mol. The Morgan fingerprint density at radius 3 is 2.89 bits per heavy atom. The Morgan fingerprint density at radius 2 is 2.37 bits per heavy atom. The summed E-state index contributed by atoms with van der Waals surface area (Å²) in [5.74, 6) is 0.181. The molecule has 0 unspecified atom stereocenters. The zero-order valence-electron chi connectivity index (χ0n) is 10.6. The summed E-state index contributed by atoms with van der Waals surface area (Å²) >= 11 is 2.74. The summed E-state index contributed by atoms with van der Waals surface area (Å²) in [4.78, 5) is 13.8. The lowest BCUT2D eigenvalue weighted by molar-refractivity contribution is -0.130. The smallest absolute Gasteiger partial charge is 0.235 e. The number of sulfone groups is 1. The quantitative estimate of drug-likeness (QED) is 0.758. The van der Waals surface area contributed by atoms with Gasteiger partial charge < -0.3 is 4.90 Å². The highest BCUT2D eigenvalue weighted by Crippen LogP contribution is 2.26. The molecule has 1 fully saturated rings. The Bertz CT molecular complexity index is 544. The zero-order valence-corrected chi connectivity index (χ0v) is 13.1. The van der Waals surface area contributed by atoms with Crippen LogP contribution in [-0.4, -0.2) is 59.3 Å². The summed E-state index contributed by atoms with van der Waals surface area (Å²) < 4.78 is 23.6. The largest absolute Gasteiger partial charge is 0.341 e. The van der Waals surface area contributed by atoms with E-state index in [9.17, 15) is 13.2 Å². The van der Waals surface area contributed by atoms with E-state index in [4.69, 9.17) is 0 Å². The van der Waals surface area contributed by atoms with Gasteiger partial charge in [0.2, 0.25) is 5.91 Å². The van der Waals surface area contributed by atoms with Crippen molar-refractivity contribution in [3.63, 3.8) is 0 Å². The van der Waals surface area contributed by atoms with Gasteiger partial charge in [0.15, 0.2) is 14.2 Å². The van der Waals surface area contributed by atoms with E-state index in [0.29, 0.717) is 6.42 Å². The van der Waals surface area contributed by atoms with E-state index in [1.165, 1.54) is 23.1 Å². The van der Waals surface area contributed by atoms with Gasteiger partial charge in [-0.1, -0.05) is 23.1 Å². The van der Waals surface area contributed by atoms with Crippen LogP contribution in [0.3, 0.4) is 0 Å². The topological polar surface area (TPSA) is 80.2 Å². The molecule has 1 amide bonds. The highest BCUT2D eigenvalue weighted by atomic mass is 32.2. The van der Waals surface area contributed by atoms with Gasteiger partial charge in [0.1, 0.15) is 5.51 Å². The van der Waals surface area contributed by atoms with Crippen LogP contribution in [0.25, 0.3) is 0 Å². The number of hydrogen-bond donors (Lipinski definition) is 0. The third-order valence-corrected chi connectivity index (χ3v) is 6.72.